The lowest BCUT2D eigenvalue weighted by atomic mass is 10.0. The number of carboxylic acids is 1. The van der Waals surface area contributed by atoms with Crippen LogP contribution in [-0.2, 0) is 27.2 Å². The smallest absolute Gasteiger partial charge is 0.383 e. The van der Waals surface area contributed by atoms with E-state index in [9.17, 15) is 22.8 Å². The summed E-state index contributed by atoms with van der Waals surface area (Å²) >= 11 is 0. The Morgan fingerprint density at radius 2 is 1.77 bits per heavy atom. The molecule has 7 nitrogen and oxygen atoms in total. The number of carbonyl (C=O) groups excluding carboxylic acids is 1. The van der Waals surface area contributed by atoms with Crippen LogP contribution in [0.4, 0.5) is 13.2 Å². The maximum Gasteiger partial charge on any atom is 0.383 e. The quantitative estimate of drug-likeness (QED) is 0.329. The number of hydrogen-bond donors (Lipinski definition) is 1. The zero-order valence-corrected chi connectivity index (χ0v) is 20.0. The Hall–Kier alpha value is -3.27. The van der Waals surface area contributed by atoms with E-state index in [1.807, 2.05) is 42.5 Å². The summed E-state index contributed by atoms with van der Waals surface area (Å²) in [6, 6.07) is 15.1. The second-order valence-electron chi connectivity index (χ2n) is 8.27. The van der Waals surface area contributed by atoms with Gasteiger partial charge in [-0.3, -0.25) is 4.90 Å². The predicted octanol–water partition coefficient (Wildman–Crippen LogP) is 4.13. The van der Waals surface area contributed by atoms with Gasteiger partial charge in [-0.1, -0.05) is 30.3 Å². The van der Waals surface area contributed by atoms with Crippen LogP contribution in [0, 0.1) is 0 Å². The molecule has 0 aliphatic carbocycles. The lowest BCUT2D eigenvalue weighted by Crippen LogP contribution is -2.45. The number of aliphatic carboxylic acids is 1. The number of halogens is 3. The lowest BCUT2D eigenvalue weighted by Gasteiger charge is -2.29. The number of nitrogens with zero attached hydrogens (tertiary/aromatic N) is 1. The highest BCUT2D eigenvalue weighted by molar-refractivity contribution is 5.86. The van der Waals surface area contributed by atoms with E-state index in [4.69, 9.17) is 19.3 Å². The normalized spacial score (nSPS) is 14.2. The highest BCUT2D eigenvalue weighted by Gasteiger charge is 2.53. The number of para-hydroxylation sites is 1. The first-order valence-corrected chi connectivity index (χ1v) is 10.9. The molecule has 0 aromatic heterocycles. The van der Waals surface area contributed by atoms with Crippen LogP contribution in [-0.4, -0.2) is 67.6 Å². The van der Waals surface area contributed by atoms with Crippen molar-refractivity contribution in [1.29, 1.82) is 0 Å². The van der Waals surface area contributed by atoms with Crippen molar-refractivity contribution in [3.63, 3.8) is 0 Å². The molecule has 0 heterocycles. The van der Waals surface area contributed by atoms with Crippen molar-refractivity contribution < 1.29 is 42.1 Å². The molecule has 2 aromatic rings. The molecule has 192 valence electrons. The summed E-state index contributed by atoms with van der Waals surface area (Å²) in [7, 11) is 5.04. The standard InChI is InChI=1S/C25H30F3NO6/c1-16(34-23(30)22(26)25(27,28)24(31)32)14-21(29(2)3)35-20-11-6-5-9-18(20)13-12-17-8-7-10-19(15-17)33-4/h5-11,15-16,21-22H,12-14H2,1-4H3,(H,31,32)/t16?,21-,22?/m0/s1. The average Bonchev–Trinajstić information content (AvgIpc) is 2.82. The first kappa shape index (κ1) is 28.0. The van der Waals surface area contributed by atoms with Gasteiger partial charge in [-0.05, 0) is 63.2 Å². The summed E-state index contributed by atoms with van der Waals surface area (Å²) in [5, 5.41) is 8.41. The zero-order chi connectivity index (χ0) is 26.2. The van der Waals surface area contributed by atoms with Crippen molar-refractivity contribution in [2.45, 2.75) is 50.6 Å². The number of carboxylic acid groups (broad SMARTS) is 1. The van der Waals surface area contributed by atoms with E-state index in [0.29, 0.717) is 12.2 Å². The fourth-order valence-corrected chi connectivity index (χ4v) is 3.29. The van der Waals surface area contributed by atoms with Gasteiger partial charge in [0.1, 0.15) is 17.6 Å². The molecule has 2 unspecified atom stereocenters. The van der Waals surface area contributed by atoms with Gasteiger partial charge >= 0.3 is 17.9 Å². The highest BCUT2D eigenvalue weighted by Crippen LogP contribution is 2.26. The van der Waals surface area contributed by atoms with Gasteiger partial charge in [-0.25, -0.2) is 14.0 Å². The van der Waals surface area contributed by atoms with E-state index in [2.05, 4.69) is 0 Å². The molecule has 0 radical (unpaired) electrons. The van der Waals surface area contributed by atoms with Gasteiger partial charge in [0.15, 0.2) is 6.23 Å². The molecule has 0 spiro atoms. The molecule has 10 heteroatoms. The van der Waals surface area contributed by atoms with Crippen LogP contribution in [0.2, 0.25) is 0 Å². The third-order valence-corrected chi connectivity index (χ3v) is 5.29. The number of hydrogen-bond acceptors (Lipinski definition) is 6. The van der Waals surface area contributed by atoms with Gasteiger partial charge in [0.25, 0.3) is 6.17 Å². The largest absolute Gasteiger partial charge is 0.497 e. The van der Waals surface area contributed by atoms with E-state index in [-0.39, 0.29) is 6.42 Å². The van der Waals surface area contributed by atoms with Crippen LogP contribution in [0.25, 0.3) is 0 Å². The Morgan fingerprint density at radius 1 is 1.09 bits per heavy atom. The summed E-state index contributed by atoms with van der Waals surface area (Å²) in [6.45, 7) is 1.39. The summed E-state index contributed by atoms with van der Waals surface area (Å²) in [5.74, 6) is -8.21. The van der Waals surface area contributed by atoms with Crippen LogP contribution in [0.1, 0.15) is 24.5 Å². The minimum Gasteiger partial charge on any atom is -0.497 e. The van der Waals surface area contributed by atoms with E-state index in [1.54, 1.807) is 32.2 Å². The van der Waals surface area contributed by atoms with Crippen LogP contribution in [0.5, 0.6) is 11.5 Å². The predicted molar refractivity (Wildman–Crippen MR) is 123 cm³/mol. The number of carbonyl (C=O) groups is 2. The van der Waals surface area contributed by atoms with E-state index in [1.165, 1.54) is 6.92 Å². The number of methoxy groups -OCH3 is 1. The molecule has 35 heavy (non-hydrogen) atoms. The van der Waals surface area contributed by atoms with Crippen molar-refractivity contribution in [3.8, 4) is 11.5 Å². The first-order valence-electron chi connectivity index (χ1n) is 10.9. The molecule has 2 aromatic carbocycles. The lowest BCUT2D eigenvalue weighted by molar-refractivity contribution is -0.189. The maximum atomic E-state index is 13.7. The van der Waals surface area contributed by atoms with Gasteiger partial charge in [0.05, 0.1) is 7.11 Å². The number of ether oxygens (including phenoxy) is 3. The fraction of sp³-hybridized carbons (Fsp3) is 0.440. The molecule has 0 saturated heterocycles. The fourth-order valence-electron chi connectivity index (χ4n) is 3.29. The van der Waals surface area contributed by atoms with Crippen molar-refractivity contribution in [2.24, 2.45) is 0 Å². The molecule has 3 atom stereocenters. The minimum absolute atomic E-state index is 0.0221. The SMILES string of the molecule is COc1cccc(CCc2ccccc2O[C@@H](CC(C)OC(=O)C(F)C(F)(F)C(=O)O)N(C)C)c1. The minimum atomic E-state index is -4.88. The van der Waals surface area contributed by atoms with Crippen LogP contribution in [0.3, 0.4) is 0 Å². The molecule has 0 bridgehead atoms. The summed E-state index contributed by atoms with van der Waals surface area (Å²) in [4.78, 5) is 23.9. The second kappa shape index (κ2) is 12.4. The van der Waals surface area contributed by atoms with Crippen molar-refractivity contribution in [2.75, 3.05) is 21.2 Å². The highest BCUT2D eigenvalue weighted by atomic mass is 19.3. The van der Waals surface area contributed by atoms with E-state index >= 15 is 0 Å². The number of aryl methyl sites for hydroxylation is 2. The summed E-state index contributed by atoms with van der Waals surface area (Å²) in [5.41, 5.74) is 2.01. The van der Waals surface area contributed by atoms with Gasteiger partial charge in [0, 0.05) is 6.42 Å². The third kappa shape index (κ3) is 7.88. The van der Waals surface area contributed by atoms with Gasteiger partial charge in [-0.15, -0.1) is 0 Å². The number of esters is 1. The van der Waals surface area contributed by atoms with Crippen molar-refractivity contribution >= 4 is 11.9 Å². The molecule has 2 rings (SSSR count). The molecule has 0 saturated carbocycles. The molecule has 0 aliphatic heterocycles. The van der Waals surface area contributed by atoms with Crippen LogP contribution < -0.4 is 9.47 Å². The van der Waals surface area contributed by atoms with E-state index < -0.39 is 36.4 Å². The summed E-state index contributed by atoms with van der Waals surface area (Å²) in [6.07, 6.45) is -3.86. The van der Waals surface area contributed by atoms with Gasteiger partial charge < -0.3 is 19.3 Å². The molecule has 0 aliphatic rings. The third-order valence-electron chi connectivity index (χ3n) is 5.29. The average molecular weight is 498 g/mol. The number of alkyl halides is 3. The molecule has 0 fully saturated rings. The van der Waals surface area contributed by atoms with E-state index in [0.717, 1.165) is 23.3 Å². The Labute approximate surface area is 202 Å². The molecule has 0 amide bonds. The van der Waals surface area contributed by atoms with Crippen LogP contribution in [0.15, 0.2) is 48.5 Å². The Balaban J connectivity index is 2.05. The maximum absolute atomic E-state index is 13.7. The molecular weight excluding hydrogens is 467 g/mol. The Kier molecular flexibility index (Phi) is 9.94. The molecule has 1 N–H and O–H groups in total. The first-order chi connectivity index (χ1) is 16.4. The van der Waals surface area contributed by atoms with Gasteiger partial charge in [0.2, 0.25) is 0 Å². The zero-order valence-electron chi connectivity index (χ0n) is 20.0. The Morgan fingerprint density at radius 3 is 2.40 bits per heavy atom. The number of rotatable bonds is 13. The Bertz CT molecular complexity index is 1000. The number of benzene rings is 2. The second-order valence-corrected chi connectivity index (χ2v) is 8.27. The summed E-state index contributed by atoms with van der Waals surface area (Å²) < 4.78 is 56.4. The van der Waals surface area contributed by atoms with Crippen LogP contribution >= 0.6 is 0 Å². The monoisotopic (exact) mass is 497 g/mol. The van der Waals surface area contributed by atoms with Crippen molar-refractivity contribution in [1.82, 2.24) is 4.90 Å². The van der Waals surface area contributed by atoms with Crippen molar-refractivity contribution in [3.05, 3.63) is 59.7 Å². The molecular formula is C25H30F3NO6. The topological polar surface area (TPSA) is 85.3 Å². The van der Waals surface area contributed by atoms with Gasteiger partial charge in [-0.2, -0.15) is 8.78 Å².